The first-order valence-corrected chi connectivity index (χ1v) is 4.87. The molecule has 0 aliphatic carbocycles. The lowest BCUT2D eigenvalue weighted by molar-refractivity contribution is -0.118. The first-order chi connectivity index (χ1) is 7.63. The molecule has 5 heteroatoms. The van der Waals surface area contributed by atoms with Gasteiger partial charge in [-0.1, -0.05) is 6.07 Å². The molecule has 2 N–H and O–H groups in total. The van der Waals surface area contributed by atoms with Crippen molar-refractivity contribution in [2.45, 2.75) is 6.54 Å². The van der Waals surface area contributed by atoms with E-state index in [1.165, 1.54) is 4.90 Å². The van der Waals surface area contributed by atoms with Gasteiger partial charge in [0.15, 0.2) is 0 Å². The molecule has 1 aliphatic rings. The largest absolute Gasteiger partial charge is 0.496 e. The molecule has 0 bridgehead atoms. The predicted octanol–water partition coefficient (Wildman–Crippen LogP) is 0.136. The number of fused-ring (bicyclic) bond motifs is 1. The Balaban J connectivity index is 2.34. The van der Waals surface area contributed by atoms with Crippen molar-refractivity contribution in [2.75, 3.05) is 13.7 Å². The fourth-order valence-electron chi connectivity index (χ4n) is 1.87. The summed E-state index contributed by atoms with van der Waals surface area (Å²) in [5.41, 5.74) is 6.48. The fourth-order valence-corrected chi connectivity index (χ4v) is 1.87. The van der Waals surface area contributed by atoms with Gasteiger partial charge in [-0.25, -0.2) is 0 Å². The lowest BCUT2D eigenvalue weighted by atomic mass is 10.1. The van der Waals surface area contributed by atoms with E-state index in [1.54, 1.807) is 25.3 Å². The van der Waals surface area contributed by atoms with Crippen LogP contribution in [0.5, 0.6) is 5.75 Å². The third-order valence-corrected chi connectivity index (χ3v) is 2.57. The molecule has 0 atom stereocenters. The highest BCUT2D eigenvalue weighted by atomic mass is 16.5. The van der Waals surface area contributed by atoms with Crippen molar-refractivity contribution >= 4 is 11.8 Å². The maximum atomic E-state index is 11.9. The number of amides is 2. The van der Waals surface area contributed by atoms with Gasteiger partial charge in [0.25, 0.3) is 5.91 Å². The average molecular weight is 220 g/mol. The van der Waals surface area contributed by atoms with Gasteiger partial charge in [0.1, 0.15) is 5.75 Å². The summed E-state index contributed by atoms with van der Waals surface area (Å²) in [5.74, 6) is -0.0226. The van der Waals surface area contributed by atoms with Crippen molar-refractivity contribution in [2.24, 2.45) is 5.73 Å². The van der Waals surface area contributed by atoms with E-state index in [-0.39, 0.29) is 12.5 Å². The lowest BCUT2D eigenvalue weighted by Gasteiger charge is -2.12. The minimum atomic E-state index is -0.514. The zero-order valence-corrected chi connectivity index (χ0v) is 8.90. The number of rotatable bonds is 3. The van der Waals surface area contributed by atoms with Crippen LogP contribution in [0.3, 0.4) is 0 Å². The Bertz CT molecular complexity index is 457. The number of carbonyl (C=O) groups excluding carboxylic acids is 2. The maximum absolute atomic E-state index is 11.9. The van der Waals surface area contributed by atoms with E-state index >= 15 is 0 Å². The first kappa shape index (κ1) is 10.5. The van der Waals surface area contributed by atoms with Gasteiger partial charge in [-0.05, 0) is 12.1 Å². The van der Waals surface area contributed by atoms with Crippen molar-refractivity contribution in [3.8, 4) is 5.75 Å². The molecule has 0 saturated heterocycles. The summed E-state index contributed by atoms with van der Waals surface area (Å²) in [6.45, 7) is 0.317. The molecule has 2 rings (SSSR count). The highest BCUT2D eigenvalue weighted by molar-refractivity contribution is 6.00. The van der Waals surface area contributed by atoms with E-state index in [0.717, 1.165) is 5.56 Å². The molecule has 0 fully saturated rings. The Hall–Kier alpha value is -2.04. The number of hydrogen-bond acceptors (Lipinski definition) is 3. The second-order valence-electron chi connectivity index (χ2n) is 3.61. The standard InChI is InChI=1S/C11H12N2O3/c1-16-9-4-2-3-7-8(9)5-13(11(7)15)6-10(12)14/h2-4H,5-6H2,1H3,(H2,12,14). The van der Waals surface area contributed by atoms with E-state index in [1.807, 2.05) is 0 Å². The number of benzene rings is 1. The maximum Gasteiger partial charge on any atom is 0.255 e. The van der Waals surface area contributed by atoms with Crippen LogP contribution in [-0.2, 0) is 11.3 Å². The van der Waals surface area contributed by atoms with E-state index in [2.05, 4.69) is 0 Å². The number of nitrogens with zero attached hydrogens (tertiary/aromatic N) is 1. The van der Waals surface area contributed by atoms with Gasteiger partial charge in [0.05, 0.1) is 20.2 Å². The second-order valence-corrected chi connectivity index (χ2v) is 3.61. The SMILES string of the molecule is COc1cccc2c1CN(CC(N)=O)C2=O. The van der Waals surface area contributed by atoms with Crippen molar-refractivity contribution in [1.29, 1.82) is 0 Å². The Morgan fingerprint density at radius 3 is 2.94 bits per heavy atom. The lowest BCUT2D eigenvalue weighted by Crippen LogP contribution is -2.33. The number of ether oxygens (including phenoxy) is 1. The smallest absolute Gasteiger partial charge is 0.255 e. The third-order valence-electron chi connectivity index (χ3n) is 2.57. The highest BCUT2D eigenvalue weighted by Crippen LogP contribution is 2.30. The molecule has 0 spiro atoms. The van der Waals surface area contributed by atoms with Crippen molar-refractivity contribution < 1.29 is 14.3 Å². The van der Waals surface area contributed by atoms with Gasteiger partial charge >= 0.3 is 0 Å². The summed E-state index contributed by atoms with van der Waals surface area (Å²) in [6, 6.07) is 5.27. The zero-order chi connectivity index (χ0) is 11.7. The summed E-state index contributed by atoms with van der Waals surface area (Å²) in [6.07, 6.45) is 0. The summed E-state index contributed by atoms with van der Waals surface area (Å²) < 4.78 is 5.16. The minimum Gasteiger partial charge on any atom is -0.496 e. The van der Waals surface area contributed by atoms with Crippen LogP contribution in [0.25, 0.3) is 0 Å². The van der Waals surface area contributed by atoms with Crippen LogP contribution in [0.2, 0.25) is 0 Å². The summed E-state index contributed by atoms with van der Waals surface area (Å²) in [7, 11) is 1.55. The molecular formula is C11H12N2O3. The van der Waals surface area contributed by atoms with Gasteiger partial charge in [0.2, 0.25) is 5.91 Å². The van der Waals surface area contributed by atoms with Gasteiger partial charge in [-0.3, -0.25) is 9.59 Å². The van der Waals surface area contributed by atoms with Crippen LogP contribution in [0, 0.1) is 0 Å². The zero-order valence-electron chi connectivity index (χ0n) is 8.90. The van der Waals surface area contributed by atoms with Gasteiger partial charge in [0, 0.05) is 11.1 Å². The summed E-state index contributed by atoms with van der Waals surface area (Å²) >= 11 is 0. The fraction of sp³-hybridized carbons (Fsp3) is 0.273. The first-order valence-electron chi connectivity index (χ1n) is 4.87. The summed E-state index contributed by atoms with van der Waals surface area (Å²) in [5, 5.41) is 0. The Kier molecular flexibility index (Phi) is 2.52. The Morgan fingerprint density at radius 2 is 2.31 bits per heavy atom. The molecule has 16 heavy (non-hydrogen) atoms. The monoisotopic (exact) mass is 220 g/mol. The number of carbonyl (C=O) groups is 2. The van der Waals surface area contributed by atoms with Gasteiger partial charge in [-0.15, -0.1) is 0 Å². The molecule has 1 heterocycles. The van der Waals surface area contributed by atoms with Crippen LogP contribution < -0.4 is 10.5 Å². The Morgan fingerprint density at radius 1 is 1.56 bits per heavy atom. The van der Waals surface area contributed by atoms with Crippen LogP contribution in [0.15, 0.2) is 18.2 Å². The molecule has 1 aromatic rings. The number of hydrogen-bond donors (Lipinski definition) is 1. The van der Waals surface area contributed by atoms with E-state index in [0.29, 0.717) is 17.9 Å². The normalized spacial score (nSPS) is 13.8. The number of primary amides is 1. The van der Waals surface area contributed by atoms with E-state index < -0.39 is 5.91 Å². The van der Waals surface area contributed by atoms with Crippen molar-refractivity contribution in [3.63, 3.8) is 0 Å². The van der Waals surface area contributed by atoms with Crippen LogP contribution in [0.4, 0.5) is 0 Å². The van der Waals surface area contributed by atoms with E-state index in [9.17, 15) is 9.59 Å². The molecule has 84 valence electrons. The van der Waals surface area contributed by atoms with Gasteiger partial charge < -0.3 is 15.4 Å². The quantitative estimate of drug-likeness (QED) is 0.787. The topological polar surface area (TPSA) is 72.6 Å². The molecule has 1 aliphatic heterocycles. The molecule has 2 amide bonds. The van der Waals surface area contributed by atoms with Crippen molar-refractivity contribution in [1.82, 2.24) is 4.90 Å². The second kappa shape index (κ2) is 3.84. The molecule has 0 unspecified atom stereocenters. The molecular weight excluding hydrogens is 208 g/mol. The molecule has 5 nitrogen and oxygen atoms in total. The highest BCUT2D eigenvalue weighted by Gasteiger charge is 2.30. The molecule has 0 saturated carbocycles. The van der Waals surface area contributed by atoms with Crippen LogP contribution >= 0.6 is 0 Å². The molecule has 0 aromatic heterocycles. The molecule has 0 radical (unpaired) electrons. The van der Waals surface area contributed by atoms with Crippen LogP contribution in [-0.4, -0.2) is 30.4 Å². The summed E-state index contributed by atoms with van der Waals surface area (Å²) in [4.78, 5) is 24.1. The number of methoxy groups -OCH3 is 1. The molecule has 1 aromatic carbocycles. The third kappa shape index (κ3) is 1.60. The number of nitrogens with two attached hydrogens (primary N) is 1. The van der Waals surface area contributed by atoms with Crippen molar-refractivity contribution in [3.05, 3.63) is 29.3 Å². The van der Waals surface area contributed by atoms with Gasteiger partial charge in [-0.2, -0.15) is 0 Å². The predicted molar refractivity (Wildman–Crippen MR) is 56.9 cm³/mol. The minimum absolute atomic E-state index is 0.0589. The average Bonchev–Trinajstić information content (AvgIpc) is 2.55. The van der Waals surface area contributed by atoms with Crippen LogP contribution in [0.1, 0.15) is 15.9 Å². The van der Waals surface area contributed by atoms with E-state index in [4.69, 9.17) is 10.5 Å². The Labute approximate surface area is 92.8 Å².